The molecule has 0 bridgehead atoms. The Hall–Kier alpha value is -2.10. The van der Waals surface area contributed by atoms with E-state index >= 15 is 0 Å². The van der Waals surface area contributed by atoms with Gasteiger partial charge in [0, 0.05) is 13.3 Å². The molecular weight excluding hydrogens is 312 g/mol. The molecular formula is C21H31N2O2+. The predicted molar refractivity (Wildman–Crippen MR) is 99.9 cm³/mol. The van der Waals surface area contributed by atoms with Crippen molar-refractivity contribution in [2.45, 2.75) is 65.3 Å². The first-order valence-electron chi connectivity index (χ1n) is 9.39. The standard InChI is InChI=1S/C21H30N2O2/c1-4-5-6-7-8-9-10-20-22(3)17(2)15-23(20)16-18-11-13-19(14-12-18)21(24)25/h11-15H,4-10,16H2,1-3H3/p+1. The lowest BCUT2D eigenvalue weighted by Gasteiger charge is -2.05. The molecule has 0 amide bonds. The maximum atomic E-state index is 11.0. The number of hydrogen-bond donors (Lipinski definition) is 1. The summed E-state index contributed by atoms with van der Waals surface area (Å²) in [6.07, 6.45) is 11.1. The third-order valence-corrected chi connectivity index (χ3v) is 4.90. The highest BCUT2D eigenvalue weighted by Crippen LogP contribution is 2.11. The summed E-state index contributed by atoms with van der Waals surface area (Å²) < 4.78 is 4.58. The van der Waals surface area contributed by atoms with Crippen LogP contribution in [0.25, 0.3) is 0 Å². The average Bonchev–Trinajstić information content (AvgIpc) is 2.85. The lowest BCUT2D eigenvalue weighted by Crippen LogP contribution is -2.37. The molecule has 0 atom stereocenters. The second-order valence-corrected chi connectivity index (χ2v) is 6.89. The van der Waals surface area contributed by atoms with Gasteiger partial charge in [-0.3, -0.25) is 0 Å². The molecule has 4 nitrogen and oxygen atoms in total. The van der Waals surface area contributed by atoms with Crippen molar-refractivity contribution >= 4 is 5.97 Å². The van der Waals surface area contributed by atoms with E-state index in [1.54, 1.807) is 12.1 Å². The fraction of sp³-hybridized carbons (Fsp3) is 0.524. The van der Waals surface area contributed by atoms with Gasteiger partial charge in [-0.25, -0.2) is 13.9 Å². The fourth-order valence-corrected chi connectivity index (χ4v) is 3.24. The number of carboxylic acid groups (broad SMARTS) is 1. The molecule has 0 aliphatic heterocycles. The zero-order valence-electron chi connectivity index (χ0n) is 15.8. The maximum Gasteiger partial charge on any atom is 0.335 e. The Kier molecular flexibility index (Phi) is 7.23. The van der Waals surface area contributed by atoms with Crippen LogP contribution in [0, 0.1) is 6.92 Å². The van der Waals surface area contributed by atoms with Gasteiger partial charge in [0.1, 0.15) is 18.4 Å². The quantitative estimate of drug-likeness (QED) is 0.517. The molecule has 0 unspecified atom stereocenters. The van der Waals surface area contributed by atoms with Gasteiger partial charge in [0.25, 0.3) is 5.82 Å². The molecule has 0 spiro atoms. The van der Waals surface area contributed by atoms with Gasteiger partial charge >= 0.3 is 5.97 Å². The summed E-state index contributed by atoms with van der Waals surface area (Å²) in [7, 11) is 2.13. The van der Waals surface area contributed by atoms with Gasteiger partial charge in [0.05, 0.1) is 12.6 Å². The van der Waals surface area contributed by atoms with E-state index in [0.29, 0.717) is 5.56 Å². The number of aromatic nitrogens is 2. The van der Waals surface area contributed by atoms with Crippen LogP contribution in [-0.2, 0) is 20.0 Å². The third kappa shape index (κ3) is 5.45. The van der Waals surface area contributed by atoms with Crippen molar-refractivity contribution < 1.29 is 14.5 Å². The summed E-state index contributed by atoms with van der Waals surface area (Å²) in [5, 5.41) is 9.02. The van der Waals surface area contributed by atoms with E-state index in [0.717, 1.165) is 18.5 Å². The van der Waals surface area contributed by atoms with Gasteiger partial charge in [-0.15, -0.1) is 0 Å². The smallest absolute Gasteiger partial charge is 0.335 e. The predicted octanol–water partition coefficient (Wildman–Crippen LogP) is 4.27. The van der Waals surface area contributed by atoms with E-state index < -0.39 is 5.97 Å². The molecule has 0 fully saturated rings. The summed E-state index contributed by atoms with van der Waals surface area (Å²) in [6.45, 7) is 5.17. The summed E-state index contributed by atoms with van der Waals surface area (Å²) >= 11 is 0. The van der Waals surface area contributed by atoms with E-state index in [2.05, 4.69) is 36.2 Å². The molecule has 0 aliphatic carbocycles. The van der Waals surface area contributed by atoms with E-state index in [-0.39, 0.29) is 0 Å². The molecule has 0 aliphatic rings. The van der Waals surface area contributed by atoms with Gasteiger partial charge in [0.15, 0.2) is 0 Å². The largest absolute Gasteiger partial charge is 0.478 e. The number of rotatable bonds is 10. The van der Waals surface area contributed by atoms with Crippen LogP contribution in [0.4, 0.5) is 0 Å². The molecule has 0 radical (unpaired) electrons. The summed E-state index contributed by atoms with van der Waals surface area (Å²) in [6, 6.07) is 7.18. The number of aromatic carboxylic acids is 1. The number of benzene rings is 1. The Labute approximate surface area is 151 Å². The Morgan fingerprint density at radius 2 is 1.72 bits per heavy atom. The van der Waals surface area contributed by atoms with Crippen molar-refractivity contribution in [3.63, 3.8) is 0 Å². The van der Waals surface area contributed by atoms with Crippen molar-refractivity contribution in [2.75, 3.05) is 0 Å². The first-order chi connectivity index (χ1) is 12.0. The normalized spacial score (nSPS) is 11.0. The summed E-state index contributed by atoms with van der Waals surface area (Å²) in [4.78, 5) is 11.0. The van der Waals surface area contributed by atoms with Crippen LogP contribution in [-0.4, -0.2) is 15.6 Å². The minimum Gasteiger partial charge on any atom is -0.478 e. The Morgan fingerprint density at radius 1 is 1.08 bits per heavy atom. The van der Waals surface area contributed by atoms with Gasteiger partial charge in [-0.05, 0) is 24.1 Å². The second kappa shape index (κ2) is 9.40. The zero-order valence-corrected chi connectivity index (χ0v) is 15.8. The van der Waals surface area contributed by atoms with Gasteiger partial charge in [-0.1, -0.05) is 51.2 Å². The lowest BCUT2D eigenvalue weighted by atomic mass is 10.1. The first-order valence-corrected chi connectivity index (χ1v) is 9.39. The third-order valence-electron chi connectivity index (χ3n) is 4.90. The van der Waals surface area contributed by atoms with Crippen LogP contribution in [0.15, 0.2) is 30.5 Å². The zero-order chi connectivity index (χ0) is 18.2. The monoisotopic (exact) mass is 343 g/mol. The highest BCUT2D eigenvalue weighted by Gasteiger charge is 2.18. The van der Waals surface area contributed by atoms with Crippen LogP contribution in [0.3, 0.4) is 0 Å². The number of carboxylic acids is 1. The van der Waals surface area contributed by atoms with Gasteiger partial charge in [-0.2, -0.15) is 0 Å². The SMILES string of the molecule is CCCCCCCCc1n(C)c(C)c[n+]1Cc1ccc(C(=O)O)cc1. The lowest BCUT2D eigenvalue weighted by molar-refractivity contribution is -0.695. The number of imidazole rings is 1. The number of aryl methyl sites for hydroxylation is 1. The molecule has 1 heterocycles. The topological polar surface area (TPSA) is 46.1 Å². The summed E-state index contributed by atoms with van der Waals surface area (Å²) in [5.41, 5.74) is 2.72. The summed E-state index contributed by atoms with van der Waals surface area (Å²) in [5.74, 6) is 0.467. The molecule has 2 rings (SSSR count). The Morgan fingerprint density at radius 3 is 2.36 bits per heavy atom. The minimum absolute atomic E-state index is 0.338. The van der Waals surface area contributed by atoms with Gasteiger partial charge < -0.3 is 5.11 Å². The molecule has 0 saturated heterocycles. The van der Waals surface area contributed by atoms with E-state index in [9.17, 15) is 4.79 Å². The maximum absolute atomic E-state index is 11.0. The second-order valence-electron chi connectivity index (χ2n) is 6.89. The fourth-order valence-electron chi connectivity index (χ4n) is 3.24. The molecule has 4 heteroatoms. The number of nitrogens with zero attached hydrogens (tertiary/aromatic N) is 2. The van der Waals surface area contributed by atoms with E-state index in [4.69, 9.17) is 5.11 Å². The molecule has 1 aromatic carbocycles. The van der Waals surface area contributed by atoms with Crippen LogP contribution in [0.2, 0.25) is 0 Å². The van der Waals surface area contributed by atoms with Crippen molar-refractivity contribution in [2.24, 2.45) is 7.05 Å². The van der Waals surface area contributed by atoms with Gasteiger partial charge in [0.2, 0.25) is 0 Å². The number of carbonyl (C=O) groups is 1. The van der Waals surface area contributed by atoms with E-state index in [1.165, 1.54) is 50.0 Å². The van der Waals surface area contributed by atoms with Crippen LogP contribution in [0.5, 0.6) is 0 Å². The Balaban J connectivity index is 2.00. The number of hydrogen-bond acceptors (Lipinski definition) is 1. The molecule has 1 aromatic heterocycles. The van der Waals surface area contributed by atoms with Crippen molar-refractivity contribution in [1.29, 1.82) is 0 Å². The number of unbranched alkanes of at least 4 members (excludes halogenated alkanes) is 5. The average molecular weight is 343 g/mol. The Bertz CT molecular complexity index is 687. The van der Waals surface area contributed by atoms with Crippen molar-refractivity contribution in [1.82, 2.24) is 4.57 Å². The first kappa shape index (κ1) is 19.2. The van der Waals surface area contributed by atoms with Crippen molar-refractivity contribution in [3.8, 4) is 0 Å². The molecule has 25 heavy (non-hydrogen) atoms. The van der Waals surface area contributed by atoms with E-state index in [1.807, 2.05) is 12.1 Å². The van der Waals surface area contributed by atoms with Crippen LogP contribution in [0.1, 0.15) is 72.9 Å². The molecule has 2 aromatic rings. The van der Waals surface area contributed by atoms with Crippen LogP contribution < -0.4 is 4.57 Å². The molecule has 1 N–H and O–H groups in total. The highest BCUT2D eigenvalue weighted by molar-refractivity contribution is 5.87. The highest BCUT2D eigenvalue weighted by atomic mass is 16.4. The van der Waals surface area contributed by atoms with Crippen molar-refractivity contribution in [3.05, 3.63) is 53.1 Å². The molecule has 0 saturated carbocycles. The van der Waals surface area contributed by atoms with Crippen LogP contribution >= 0.6 is 0 Å². The molecule has 136 valence electrons. The minimum atomic E-state index is -0.876.